The van der Waals surface area contributed by atoms with E-state index in [9.17, 15) is 0 Å². The minimum atomic E-state index is 0.605. The molecule has 0 spiro atoms. The molecule has 0 saturated carbocycles. The van der Waals surface area contributed by atoms with Gasteiger partial charge in [0.2, 0.25) is 5.88 Å². The first-order valence-electron chi connectivity index (χ1n) is 6.46. The van der Waals surface area contributed by atoms with Gasteiger partial charge in [0, 0.05) is 10.6 Å². The van der Waals surface area contributed by atoms with Gasteiger partial charge in [0.05, 0.1) is 5.39 Å². The molecule has 3 aromatic rings. The quantitative estimate of drug-likeness (QED) is 0.740. The van der Waals surface area contributed by atoms with Gasteiger partial charge in [-0.1, -0.05) is 6.92 Å². The van der Waals surface area contributed by atoms with Gasteiger partial charge in [0.1, 0.15) is 16.4 Å². The number of fused-ring (bicyclic) bond motifs is 1. The number of nitrogens with two attached hydrogens (primary N) is 1. The van der Waals surface area contributed by atoms with Crippen LogP contribution < -0.4 is 10.5 Å². The summed E-state index contributed by atoms with van der Waals surface area (Å²) in [6, 6.07) is 9.40. The summed E-state index contributed by atoms with van der Waals surface area (Å²) in [7, 11) is 0. The molecule has 0 unspecified atom stereocenters. The van der Waals surface area contributed by atoms with Gasteiger partial charge in [-0.3, -0.25) is 0 Å². The van der Waals surface area contributed by atoms with Gasteiger partial charge >= 0.3 is 0 Å². The Kier molecular flexibility index (Phi) is 3.28. The van der Waals surface area contributed by atoms with Crippen molar-refractivity contribution in [2.75, 3.05) is 5.73 Å². The second-order valence-corrected chi connectivity index (χ2v) is 5.65. The fourth-order valence-corrected chi connectivity index (χ4v) is 2.95. The van der Waals surface area contributed by atoms with E-state index < -0.39 is 0 Å². The van der Waals surface area contributed by atoms with Crippen LogP contribution in [-0.4, -0.2) is 9.97 Å². The number of hydrogen-bond acceptors (Lipinski definition) is 5. The largest absolute Gasteiger partial charge is 0.438 e. The second-order valence-electron chi connectivity index (χ2n) is 4.53. The Morgan fingerprint density at radius 3 is 2.65 bits per heavy atom. The first-order valence-corrected chi connectivity index (χ1v) is 7.28. The van der Waals surface area contributed by atoms with Crippen LogP contribution in [0.3, 0.4) is 0 Å². The predicted molar refractivity (Wildman–Crippen MR) is 82.5 cm³/mol. The molecule has 0 bridgehead atoms. The molecule has 0 aliphatic rings. The molecule has 1 aromatic carbocycles. The van der Waals surface area contributed by atoms with Crippen molar-refractivity contribution >= 4 is 27.2 Å². The summed E-state index contributed by atoms with van der Waals surface area (Å²) in [5.74, 6) is 2.04. The van der Waals surface area contributed by atoms with Gasteiger partial charge in [0.15, 0.2) is 0 Å². The number of aryl methyl sites for hydroxylation is 2. The van der Waals surface area contributed by atoms with Crippen LogP contribution in [0.1, 0.15) is 17.6 Å². The third-order valence-electron chi connectivity index (χ3n) is 2.96. The summed E-state index contributed by atoms with van der Waals surface area (Å²) in [4.78, 5) is 11.1. The highest BCUT2D eigenvalue weighted by Crippen LogP contribution is 2.33. The highest BCUT2D eigenvalue weighted by atomic mass is 32.1. The highest BCUT2D eigenvalue weighted by molar-refractivity contribution is 7.18. The molecule has 5 heteroatoms. The lowest BCUT2D eigenvalue weighted by atomic mass is 10.3. The van der Waals surface area contributed by atoms with Crippen LogP contribution in [0.15, 0.2) is 30.3 Å². The zero-order chi connectivity index (χ0) is 14.1. The lowest BCUT2D eigenvalue weighted by molar-refractivity contribution is 0.467. The molecule has 20 heavy (non-hydrogen) atoms. The van der Waals surface area contributed by atoms with E-state index in [2.05, 4.69) is 23.0 Å². The Bertz CT molecular complexity index is 750. The van der Waals surface area contributed by atoms with E-state index in [1.165, 1.54) is 4.88 Å². The first-order chi connectivity index (χ1) is 9.65. The summed E-state index contributed by atoms with van der Waals surface area (Å²) < 4.78 is 5.89. The van der Waals surface area contributed by atoms with Crippen molar-refractivity contribution in [1.82, 2.24) is 9.97 Å². The van der Waals surface area contributed by atoms with E-state index in [4.69, 9.17) is 10.5 Å². The van der Waals surface area contributed by atoms with Crippen LogP contribution in [0.5, 0.6) is 11.6 Å². The maximum Gasteiger partial charge on any atom is 0.231 e. The number of anilines is 1. The Hall–Kier alpha value is -2.14. The Balaban J connectivity index is 2.05. The van der Waals surface area contributed by atoms with E-state index in [0.29, 0.717) is 17.4 Å². The summed E-state index contributed by atoms with van der Waals surface area (Å²) >= 11 is 1.69. The smallest absolute Gasteiger partial charge is 0.231 e. The fourth-order valence-electron chi connectivity index (χ4n) is 1.95. The van der Waals surface area contributed by atoms with Crippen LogP contribution in [0.2, 0.25) is 0 Å². The average Bonchev–Trinajstić information content (AvgIpc) is 2.84. The molecule has 0 radical (unpaired) electrons. The normalized spacial score (nSPS) is 10.9. The zero-order valence-corrected chi connectivity index (χ0v) is 12.2. The Labute approximate surface area is 121 Å². The van der Waals surface area contributed by atoms with E-state index >= 15 is 0 Å². The molecular formula is C15H15N3OS. The van der Waals surface area contributed by atoms with Crippen molar-refractivity contribution in [2.24, 2.45) is 0 Å². The summed E-state index contributed by atoms with van der Waals surface area (Å²) in [5.41, 5.74) is 6.39. The highest BCUT2D eigenvalue weighted by Gasteiger charge is 2.11. The van der Waals surface area contributed by atoms with Crippen molar-refractivity contribution in [3.8, 4) is 11.6 Å². The molecule has 2 aromatic heterocycles. The van der Waals surface area contributed by atoms with E-state index in [1.54, 1.807) is 11.3 Å². The molecule has 0 amide bonds. The van der Waals surface area contributed by atoms with Gasteiger partial charge in [-0.05, 0) is 43.7 Å². The molecule has 0 aliphatic heterocycles. The third-order valence-corrected chi connectivity index (χ3v) is 4.14. The van der Waals surface area contributed by atoms with Gasteiger partial charge in [-0.25, -0.2) is 4.98 Å². The fraction of sp³-hybridized carbons (Fsp3) is 0.200. The minimum Gasteiger partial charge on any atom is -0.438 e. The summed E-state index contributed by atoms with van der Waals surface area (Å²) in [6.07, 6.45) is 0.987. The van der Waals surface area contributed by atoms with Crippen molar-refractivity contribution in [1.29, 1.82) is 0 Å². The van der Waals surface area contributed by atoms with Crippen molar-refractivity contribution < 1.29 is 4.74 Å². The molecule has 0 fully saturated rings. The number of ether oxygens (including phenoxy) is 1. The average molecular weight is 285 g/mol. The van der Waals surface area contributed by atoms with Gasteiger partial charge in [-0.15, -0.1) is 11.3 Å². The zero-order valence-electron chi connectivity index (χ0n) is 11.4. The third kappa shape index (κ3) is 2.44. The minimum absolute atomic E-state index is 0.605. The van der Waals surface area contributed by atoms with Crippen LogP contribution in [0.25, 0.3) is 10.2 Å². The molecule has 3 rings (SSSR count). The Morgan fingerprint density at radius 1 is 1.20 bits per heavy atom. The molecule has 4 nitrogen and oxygen atoms in total. The van der Waals surface area contributed by atoms with E-state index in [-0.39, 0.29) is 0 Å². The molecule has 0 saturated heterocycles. The van der Waals surface area contributed by atoms with Gasteiger partial charge in [-0.2, -0.15) is 4.98 Å². The van der Waals surface area contributed by atoms with Crippen molar-refractivity contribution in [3.05, 3.63) is 41.0 Å². The van der Waals surface area contributed by atoms with Crippen LogP contribution in [0, 0.1) is 6.92 Å². The topological polar surface area (TPSA) is 61.0 Å². The van der Waals surface area contributed by atoms with Crippen molar-refractivity contribution in [2.45, 2.75) is 20.3 Å². The van der Waals surface area contributed by atoms with Gasteiger partial charge in [0.25, 0.3) is 0 Å². The van der Waals surface area contributed by atoms with Crippen LogP contribution in [0.4, 0.5) is 5.69 Å². The number of rotatable bonds is 3. The Morgan fingerprint density at radius 2 is 1.95 bits per heavy atom. The maximum atomic E-state index is 5.89. The number of nitrogen functional groups attached to an aromatic ring is 1. The number of nitrogens with zero attached hydrogens (tertiary/aromatic N) is 2. The molecule has 0 atom stereocenters. The molecule has 2 N–H and O–H groups in total. The second kappa shape index (κ2) is 5.09. The lowest BCUT2D eigenvalue weighted by Gasteiger charge is -2.06. The molecule has 0 aliphatic carbocycles. The number of thiophene rings is 1. The first kappa shape index (κ1) is 12.9. The maximum absolute atomic E-state index is 5.89. The standard InChI is InChI=1S/C15H15N3OS/c1-3-12-8-13-14(17-9(2)18-15(13)20-12)19-11-6-4-10(16)5-7-11/h4-8H,3,16H2,1-2H3. The van der Waals surface area contributed by atoms with Gasteiger partial charge < -0.3 is 10.5 Å². The number of hydrogen-bond donors (Lipinski definition) is 1. The summed E-state index contributed by atoms with van der Waals surface area (Å²) in [6.45, 7) is 4.01. The van der Waals surface area contributed by atoms with Crippen LogP contribution in [-0.2, 0) is 6.42 Å². The van der Waals surface area contributed by atoms with E-state index in [1.807, 2.05) is 31.2 Å². The lowest BCUT2D eigenvalue weighted by Crippen LogP contribution is -1.93. The number of aromatic nitrogens is 2. The number of benzene rings is 1. The summed E-state index contributed by atoms with van der Waals surface area (Å²) in [5, 5.41) is 0.967. The monoisotopic (exact) mass is 285 g/mol. The molecule has 2 heterocycles. The SMILES string of the molecule is CCc1cc2c(Oc3ccc(N)cc3)nc(C)nc2s1. The molecular weight excluding hydrogens is 270 g/mol. The van der Waals surface area contributed by atoms with E-state index in [0.717, 1.165) is 22.4 Å². The van der Waals surface area contributed by atoms with Crippen molar-refractivity contribution in [3.63, 3.8) is 0 Å². The molecule has 102 valence electrons. The van der Waals surface area contributed by atoms with Crippen LogP contribution >= 0.6 is 11.3 Å². The predicted octanol–water partition coefficient (Wildman–Crippen LogP) is 3.94.